The number of aliphatic imine (C=N–C) groups is 1. The van der Waals surface area contributed by atoms with Crippen LogP contribution >= 0.6 is 24.0 Å². The molecule has 8 heteroatoms. The van der Waals surface area contributed by atoms with Crippen molar-refractivity contribution in [2.24, 2.45) is 4.99 Å². The maximum absolute atomic E-state index is 10.0. The van der Waals surface area contributed by atoms with E-state index >= 15 is 0 Å². The normalized spacial score (nSPS) is 15.8. The number of piperidine rings is 1. The average molecular weight is 520 g/mol. The molecule has 1 fully saturated rings. The lowest BCUT2D eigenvalue weighted by Crippen LogP contribution is -2.49. The zero-order valence-electron chi connectivity index (χ0n) is 18.1. The van der Waals surface area contributed by atoms with Crippen LogP contribution in [0.2, 0.25) is 0 Å². The molecule has 0 aliphatic carbocycles. The van der Waals surface area contributed by atoms with Crippen molar-refractivity contribution in [3.8, 4) is 11.5 Å². The van der Waals surface area contributed by atoms with Gasteiger partial charge in [-0.25, -0.2) is 4.99 Å². The Labute approximate surface area is 192 Å². The molecule has 2 rings (SSSR count). The van der Waals surface area contributed by atoms with Crippen molar-refractivity contribution in [2.45, 2.75) is 52.3 Å². The Morgan fingerprint density at radius 1 is 1.31 bits per heavy atom. The number of likely N-dealkylation sites (tertiary alicyclic amines) is 1. The van der Waals surface area contributed by atoms with Crippen molar-refractivity contribution < 1.29 is 14.6 Å². The van der Waals surface area contributed by atoms with Crippen molar-refractivity contribution >= 4 is 29.9 Å². The lowest BCUT2D eigenvalue weighted by atomic mass is 10.1. The van der Waals surface area contributed by atoms with Crippen LogP contribution in [0.3, 0.4) is 0 Å². The summed E-state index contributed by atoms with van der Waals surface area (Å²) in [7, 11) is 1.62. The monoisotopic (exact) mass is 520 g/mol. The zero-order chi connectivity index (χ0) is 20.4. The molecule has 0 saturated carbocycles. The van der Waals surface area contributed by atoms with Gasteiger partial charge in [-0.2, -0.15) is 0 Å². The van der Waals surface area contributed by atoms with Crippen molar-refractivity contribution in [1.82, 2.24) is 15.5 Å². The molecule has 0 amide bonds. The van der Waals surface area contributed by atoms with Crippen molar-refractivity contribution in [3.05, 3.63) is 23.8 Å². The van der Waals surface area contributed by atoms with Gasteiger partial charge >= 0.3 is 0 Å². The molecule has 1 saturated heterocycles. The van der Waals surface area contributed by atoms with Gasteiger partial charge < -0.3 is 30.1 Å². The van der Waals surface area contributed by atoms with E-state index in [9.17, 15) is 5.11 Å². The summed E-state index contributed by atoms with van der Waals surface area (Å²) in [5, 5.41) is 16.9. The van der Waals surface area contributed by atoms with Gasteiger partial charge in [0.15, 0.2) is 5.96 Å². The lowest BCUT2D eigenvalue weighted by molar-refractivity contribution is 0.0532. The first-order valence-electron chi connectivity index (χ1n) is 10.3. The topological polar surface area (TPSA) is 78.4 Å². The molecule has 7 nitrogen and oxygen atoms in total. The third-order valence-corrected chi connectivity index (χ3v) is 4.83. The number of hydrogen-bond acceptors (Lipinski definition) is 5. The van der Waals surface area contributed by atoms with E-state index in [2.05, 4.69) is 41.3 Å². The Balaban J connectivity index is 0.00000420. The van der Waals surface area contributed by atoms with Gasteiger partial charge in [0.1, 0.15) is 11.5 Å². The molecule has 0 spiro atoms. The first-order chi connectivity index (χ1) is 13.5. The lowest BCUT2D eigenvalue weighted by Gasteiger charge is -2.33. The van der Waals surface area contributed by atoms with Crippen LogP contribution in [-0.2, 0) is 11.3 Å². The number of nitrogens with one attached hydrogen (secondary N) is 2. The van der Waals surface area contributed by atoms with E-state index in [1.165, 1.54) is 0 Å². The standard InChI is InChI=1S/C21H36N4O3.HI/c1-5-22-21(23-15-17-14-19(27-4)6-7-20(17)26)24-18-8-10-25(11-9-18)12-13-28-16(2)3;/h6-7,14,16,18,26H,5,8-13,15H2,1-4H3,(H2,22,23,24);1H. The molecule has 0 unspecified atom stereocenters. The molecular formula is C21H37IN4O3. The Hall–Kier alpha value is -1.26. The second-order valence-corrected chi connectivity index (χ2v) is 7.37. The minimum atomic E-state index is 0. The van der Waals surface area contributed by atoms with Crippen LogP contribution in [0.1, 0.15) is 39.2 Å². The van der Waals surface area contributed by atoms with E-state index in [4.69, 9.17) is 9.47 Å². The summed E-state index contributed by atoms with van der Waals surface area (Å²) < 4.78 is 10.9. The van der Waals surface area contributed by atoms with E-state index in [1.807, 2.05) is 6.07 Å². The number of halogens is 1. The average Bonchev–Trinajstić information content (AvgIpc) is 2.68. The van der Waals surface area contributed by atoms with Gasteiger partial charge in [0, 0.05) is 37.8 Å². The van der Waals surface area contributed by atoms with E-state index in [-0.39, 0.29) is 29.7 Å². The number of phenols is 1. The third-order valence-electron chi connectivity index (χ3n) is 4.83. The van der Waals surface area contributed by atoms with Gasteiger partial charge in [-0.05, 0) is 51.8 Å². The van der Waals surface area contributed by atoms with Gasteiger partial charge in [0.05, 0.1) is 26.4 Å². The third kappa shape index (κ3) is 9.39. The van der Waals surface area contributed by atoms with Gasteiger partial charge in [-0.3, -0.25) is 0 Å². The van der Waals surface area contributed by atoms with Crippen LogP contribution in [0.5, 0.6) is 11.5 Å². The fourth-order valence-electron chi connectivity index (χ4n) is 3.21. The summed E-state index contributed by atoms with van der Waals surface area (Å²) in [5.74, 6) is 1.73. The predicted molar refractivity (Wildman–Crippen MR) is 129 cm³/mol. The maximum atomic E-state index is 10.0. The smallest absolute Gasteiger partial charge is 0.191 e. The summed E-state index contributed by atoms with van der Waals surface area (Å²) >= 11 is 0. The van der Waals surface area contributed by atoms with Crippen LogP contribution < -0.4 is 15.4 Å². The molecule has 1 aromatic carbocycles. The molecule has 1 heterocycles. The molecular weight excluding hydrogens is 483 g/mol. The molecule has 0 atom stereocenters. The highest BCUT2D eigenvalue weighted by Crippen LogP contribution is 2.23. The Morgan fingerprint density at radius 2 is 2.03 bits per heavy atom. The molecule has 29 heavy (non-hydrogen) atoms. The summed E-state index contributed by atoms with van der Waals surface area (Å²) in [4.78, 5) is 7.10. The maximum Gasteiger partial charge on any atom is 0.191 e. The van der Waals surface area contributed by atoms with Gasteiger partial charge in [0.2, 0.25) is 0 Å². The zero-order valence-corrected chi connectivity index (χ0v) is 20.4. The summed E-state index contributed by atoms with van der Waals surface area (Å²) in [5.41, 5.74) is 0.747. The predicted octanol–water partition coefficient (Wildman–Crippen LogP) is 2.96. The molecule has 0 bridgehead atoms. The van der Waals surface area contributed by atoms with Gasteiger partial charge in [-0.1, -0.05) is 0 Å². The Morgan fingerprint density at radius 3 is 2.66 bits per heavy atom. The number of methoxy groups -OCH3 is 1. The molecule has 0 aromatic heterocycles. The van der Waals surface area contributed by atoms with Crippen LogP contribution in [0.15, 0.2) is 23.2 Å². The van der Waals surface area contributed by atoms with Crippen molar-refractivity contribution in [1.29, 1.82) is 0 Å². The Kier molecular flexibility index (Phi) is 12.3. The molecule has 166 valence electrons. The van der Waals surface area contributed by atoms with E-state index in [1.54, 1.807) is 19.2 Å². The largest absolute Gasteiger partial charge is 0.508 e. The molecule has 3 N–H and O–H groups in total. The molecule has 1 aliphatic heterocycles. The fourth-order valence-corrected chi connectivity index (χ4v) is 3.21. The number of ether oxygens (including phenoxy) is 2. The van der Waals surface area contributed by atoms with Crippen molar-refractivity contribution in [3.63, 3.8) is 0 Å². The quantitative estimate of drug-likeness (QED) is 0.264. The minimum Gasteiger partial charge on any atom is -0.508 e. The Bertz CT molecular complexity index is 620. The fraction of sp³-hybridized carbons (Fsp3) is 0.667. The van der Waals surface area contributed by atoms with Crippen LogP contribution in [0.25, 0.3) is 0 Å². The van der Waals surface area contributed by atoms with Crippen molar-refractivity contribution in [2.75, 3.05) is 39.9 Å². The molecule has 1 aliphatic rings. The highest BCUT2D eigenvalue weighted by atomic mass is 127. The summed E-state index contributed by atoms with van der Waals surface area (Å²) in [6.45, 7) is 11.3. The van der Waals surface area contributed by atoms with Gasteiger partial charge in [-0.15, -0.1) is 24.0 Å². The number of benzene rings is 1. The van der Waals surface area contributed by atoms with Crippen LogP contribution in [-0.4, -0.2) is 68.0 Å². The van der Waals surface area contributed by atoms with E-state index in [0.29, 0.717) is 18.7 Å². The number of guanidine groups is 1. The summed E-state index contributed by atoms with van der Waals surface area (Å²) in [6.07, 6.45) is 2.45. The van der Waals surface area contributed by atoms with E-state index in [0.717, 1.165) is 62.9 Å². The second-order valence-electron chi connectivity index (χ2n) is 7.37. The highest BCUT2D eigenvalue weighted by Gasteiger charge is 2.19. The molecule has 1 aromatic rings. The van der Waals surface area contributed by atoms with Gasteiger partial charge in [0.25, 0.3) is 0 Å². The first-order valence-corrected chi connectivity index (χ1v) is 10.3. The minimum absolute atomic E-state index is 0. The number of nitrogens with zero attached hydrogens (tertiary/aromatic N) is 2. The van der Waals surface area contributed by atoms with E-state index < -0.39 is 0 Å². The number of rotatable bonds is 9. The number of hydrogen-bond donors (Lipinski definition) is 3. The van der Waals surface area contributed by atoms with Crippen LogP contribution in [0.4, 0.5) is 0 Å². The SMILES string of the molecule is CCNC(=NCc1cc(OC)ccc1O)NC1CCN(CCOC(C)C)CC1.I. The number of aromatic hydroxyl groups is 1. The van der Waals surface area contributed by atoms with Crippen LogP contribution in [0, 0.1) is 0 Å². The molecule has 0 radical (unpaired) electrons. The summed E-state index contributed by atoms with van der Waals surface area (Å²) in [6, 6.07) is 5.61. The first kappa shape index (κ1) is 25.8. The highest BCUT2D eigenvalue weighted by molar-refractivity contribution is 14.0. The number of phenolic OH excluding ortho intramolecular Hbond substituents is 1. The second kappa shape index (κ2) is 13.9.